The molecule has 7 nitrogen and oxygen atoms in total. The summed E-state index contributed by atoms with van der Waals surface area (Å²) in [6, 6.07) is 10.8. The molecule has 4 unspecified atom stereocenters. The van der Waals surface area contributed by atoms with Gasteiger partial charge in [0.25, 0.3) is 0 Å². The third-order valence-electron chi connectivity index (χ3n) is 5.39. The summed E-state index contributed by atoms with van der Waals surface area (Å²) in [6.45, 7) is 3.23. The number of halogens is 2. The van der Waals surface area contributed by atoms with Crippen LogP contribution in [-0.2, 0) is 0 Å². The lowest BCUT2D eigenvalue weighted by Gasteiger charge is -2.44. The van der Waals surface area contributed by atoms with Crippen LogP contribution in [-0.4, -0.2) is 21.9 Å². The highest BCUT2D eigenvalue weighted by molar-refractivity contribution is 9.10. The first-order chi connectivity index (χ1) is 13.1. The van der Waals surface area contributed by atoms with Gasteiger partial charge in [0.1, 0.15) is 17.5 Å². The molecule has 1 aliphatic rings. The van der Waals surface area contributed by atoms with E-state index in [1.54, 1.807) is 38.1 Å². The van der Waals surface area contributed by atoms with Gasteiger partial charge in [-0.1, -0.05) is 56.1 Å². The molecule has 0 spiro atoms. The highest BCUT2D eigenvalue weighted by Crippen LogP contribution is 2.47. The van der Waals surface area contributed by atoms with E-state index in [0.717, 1.165) is 8.95 Å². The summed E-state index contributed by atoms with van der Waals surface area (Å²) in [5.41, 5.74) is 0.231. The zero-order valence-corrected chi connectivity index (χ0v) is 18.4. The van der Waals surface area contributed by atoms with Gasteiger partial charge >= 0.3 is 0 Å². The largest absolute Gasteiger partial charge is 0.291 e. The van der Waals surface area contributed by atoms with E-state index in [1.807, 2.05) is 24.3 Å². The number of hydrogen-bond acceptors (Lipinski definition) is 5. The van der Waals surface area contributed by atoms with Crippen molar-refractivity contribution < 1.29 is 9.85 Å². The Bertz CT molecular complexity index is 850. The lowest BCUT2D eigenvalue weighted by molar-refractivity contribution is -0.605. The second-order valence-corrected chi connectivity index (χ2v) is 9.35. The molecule has 1 fully saturated rings. The molecule has 0 radical (unpaired) electrons. The molecule has 1 saturated heterocycles. The van der Waals surface area contributed by atoms with Crippen LogP contribution in [0.25, 0.3) is 0 Å². The summed E-state index contributed by atoms with van der Waals surface area (Å²) in [4.78, 5) is 23.3. The van der Waals surface area contributed by atoms with Crippen molar-refractivity contribution in [3.05, 3.63) is 88.8 Å². The third kappa shape index (κ3) is 3.83. The van der Waals surface area contributed by atoms with Crippen molar-refractivity contribution >= 4 is 31.9 Å². The summed E-state index contributed by atoms with van der Waals surface area (Å²) in [7, 11) is 0. The number of rotatable bonds is 4. The fraction of sp³-hybridized carbons (Fsp3) is 0.368. The van der Waals surface area contributed by atoms with Crippen molar-refractivity contribution in [2.24, 2.45) is 5.41 Å². The van der Waals surface area contributed by atoms with Crippen LogP contribution < -0.4 is 5.32 Å². The van der Waals surface area contributed by atoms with Crippen molar-refractivity contribution in [2.75, 3.05) is 0 Å². The van der Waals surface area contributed by atoms with Crippen LogP contribution in [0.5, 0.6) is 0 Å². The average molecular weight is 513 g/mol. The third-order valence-corrected chi connectivity index (χ3v) is 6.37. The highest BCUT2D eigenvalue weighted by atomic mass is 79.9. The zero-order chi connectivity index (χ0) is 20.6. The van der Waals surface area contributed by atoms with Crippen LogP contribution in [0, 0.1) is 25.6 Å². The highest BCUT2D eigenvalue weighted by Gasteiger charge is 2.62. The van der Waals surface area contributed by atoms with E-state index in [2.05, 4.69) is 37.2 Å². The van der Waals surface area contributed by atoms with Gasteiger partial charge in [-0.3, -0.25) is 25.5 Å². The smallest absolute Gasteiger partial charge is 0.243 e. The molecule has 2 aromatic rings. The number of nitro groups is 2. The SMILES string of the molecule is CC1(C)C([N+](=O)[O-])C(c2cccc(Br)c2)NC(c2cccc(Br)c2)C1[N+](=O)[O-]. The van der Waals surface area contributed by atoms with Gasteiger partial charge < -0.3 is 0 Å². The topological polar surface area (TPSA) is 98.3 Å². The van der Waals surface area contributed by atoms with E-state index in [1.165, 1.54) is 0 Å². The van der Waals surface area contributed by atoms with Crippen LogP contribution in [0.1, 0.15) is 37.1 Å². The molecule has 3 rings (SSSR count). The van der Waals surface area contributed by atoms with Crippen molar-refractivity contribution in [3.8, 4) is 0 Å². The summed E-state index contributed by atoms with van der Waals surface area (Å²) >= 11 is 6.81. The van der Waals surface area contributed by atoms with Crippen LogP contribution in [0.4, 0.5) is 0 Å². The van der Waals surface area contributed by atoms with E-state index in [4.69, 9.17) is 0 Å². The monoisotopic (exact) mass is 511 g/mol. The van der Waals surface area contributed by atoms with E-state index in [-0.39, 0.29) is 0 Å². The number of hydrogen-bond donors (Lipinski definition) is 1. The molecule has 1 heterocycles. The van der Waals surface area contributed by atoms with E-state index in [9.17, 15) is 20.2 Å². The first kappa shape index (κ1) is 20.9. The maximum Gasteiger partial charge on any atom is 0.243 e. The van der Waals surface area contributed by atoms with Gasteiger partial charge in [0.15, 0.2) is 0 Å². The minimum Gasteiger partial charge on any atom is -0.291 e. The predicted molar refractivity (Wildman–Crippen MR) is 112 cm³/mol. The Labute approximate surface area is 179 Å². The Morgan fingerprint density at radius 2 is 1.25 bits per heavy atom. The molecule has 1 N–H and O–H groups in total. The molecule has 4 atom stereocenters. The average Bonchev–Trinajstić information content (AvgIpc) is 2.59. The van der Waals surface area contributed by atoms with E-state index < -0.39 is 39.4 Å². The number of nitrogens with one attached hydrogen (secondary N) is 1. The molecule has 1 aliphatic heterocycles. The lowest BCUT2D eigenvalue weighted by Crippen LogP contribution is -2.63. The van der Waals surface area contributed by atoms with Crippen molar-refractivity contribution in [3.63, 3.8) is 0 Å². The van der Waals surface area contributed by atoms with Crippen molar-refractivity contribution in [2.45, 2.75) is 38.0 Å². The fourth-order valence-corrected chi connectivity index (χ4v) is 4.99. The Balaban J connectivity index is 2.18. The maximum absolute atomic E-state index is 12.0. The predicted octanol–water partition coefficient (Wildman–Crippen LogP) is 4.91. The molecule has 9 heteroatoms. The quantitative estimate of drug-likeness (QED) is 0.463. The summed E-state index contributed by atoms with van der Waals surface area (Å²) in [5, 5.41) is 27.3. The van der Waals surface area contributed by atoms with Gasteiger partial charge in [-0.15, -0.1) is 0 Å². The van der Waals surface area contributed by atoms with Gasteiger partial charge in [-0.05, 0) is 49.2 Å². The van der Waals surface area contributed by atoms with Gasteiger partial charge in [0.2, 0.25) is 12.1 Å². The second kappa shape index (κ2) is 7.88. The summed E-state index contributed by atoms with van der Waals surface area (Å²) in [5.74, 6) is 0. The Morgan fingerprint density at radius 3 is 1.57 bits per heavy atom. The molecule has 2 aromatic carbocycles. The zero-order valence-electron chi connectivity index (χ0n) is 15.2. The number of nitrogens with zero attached hydrogens (tertiary/aromatic N) is 2. The Hall–Kier alpha value is -1.84. The first-order valence-corrected chi connectivity index (χ1v) is 10.3. The van der Waals surface area contributed by atoms with Crippen LogP contribution in [0.15, 0.2) is 57.5 Å². The Kier molecular flexibility index (Phi) is 5.88. The van der Waals surface area contributed by atoms with E-state index in [0.29, 0.717) is 11.1 Å². The number of benzene rings is 2. The minimum absolute atomic E-state index is 0.397. The molecule has 28 heavy (non-hydrogen) atoms. The standard InChI is InChI=1S/C19H19Br2N3O4/c1-19(2)17(23(25)26)15(11-5-3-7-13(20)9-11)22-16(18(19)24(27)28)12-6-4-8-14(21)10-12/h3-10,15-18,22H,1-2H3. The molecule has 0 saturated carbocycles. The molecule has 0 amide bonds. The molecular formula is C19H19Br2N3O4. The fourth-order valence-electron chi connectivity index (χ4n) is 4.15. The molecule has 0 aromatic heterocycles. The lowest BCUT2D eigenvalue weighted by atomic mass is 9.66. The molecule has 0 aliphatic carbocycles. The number of piperidine rings is 1. The summed E-state index contributed by atoms with van der Waals surface area (Å²) < 4.78 is 1.59. The van der Waals surface area contributed by atoms with Gasteiger partial charge in [0, 0.05) is 18.8 Å². The minimum atomic E-state index is -1.20. The molecule has 148 valence electrons. The summed E-state index contributed by atoms with van der Waals surface area (Å²) in [6.07, 6.45) is 0. The normalized spacial score (nSPS) is 26.6. The Morgan fingerprint density at radius 1 is 0.857 bits per heavy atom. The van der Waals surface area contributed by atoms with Crippen LogP contribution in [0.3, 0.4) is 0 Å². The van der Waals surface area contributed by atoms with Crippen molar-refractivity contribution in [1.82, 2.24) is 5.32 Å². The van der Waals surface area contributed by atoms with Gasteiger partial charge in [0.05, 0.1) is 0 Å². The second-order valence-electron chi connectivity index (χ2n) is 7.51. The maximum atomic E-state index is 12.0. The van der Waals surface area contributed by atoms with E-state index >= 15 is 0 Å². The van der Waals surface area contributed by atoms with Crippen LogP contribution >= 0.6 is 31.9 Å². The van der Waals surface area contributed by atoms with Gasteiger partial charge in [-0.2, -0.15) is 0 Å². The van der Waals surface area contributed by atoms with Gasteiger partial charge in [-0.25, -0.2) is 0 Å². The van der Waals surface area contributed by atoms with Crippen LogP contribution in [0.2, 0.25) is 0 Å². The molecular weight excluding hydrogens is 494 g/mol. The van der Waals surface area contributed by atoms with Crippen molar-refractivity contribution in [1.29, 1.82) is 0 Å². The molecule has 0 bridgehead atoms. The first-order valence-electron chi connectivity index (χ1n) is 8.67.